The summed E-state index contributed by atoms with van der Waals surface area (Å²) in [5.41, 5.74) is 4.49. The molecule has 15 heavy (non-hydrogen) atoms. The van der Waals surface area contributed by atoms with Gasteiger partial charge in [0.15, 0.2) is 5.00 Å². The second kappa shape index (κ2) is 4.00. The number of hydrogen-bond donors (Lipinski definition) is 1. The topological polar surface area (TPSA) is 53.9 Å². The Morgan fingerprint density at radius 1 is 1.47 bits per heavy atom. The molecule has 0 saturated carbocycles. The molecule has 0 amide bonds. The van der Waals surface area contributed by atoms with Crippen molar-refractivity contribution in [2.45, 2.75) is 6.92 Å². The second-order valence-electron chi connectivity index (χ2n) is 3.12. The molecule has 0 radical (unpaired) electrons. The van der Waals surface area contributed by atoms with Gasteiger partial charge < -0.3 is 10.5 Å². The van der Waals surface area contributed by atoms with Crippen molar-refractivity contribution >= 4 is 32.4 Å². The van der Waals surface area contributed by atoms with Crippen LogP contribution in [0.4, 0.5) is 5.00 Å². The predicted octanol–water partition coefficient (Wildman–Crippen LogP) is 1.95. The first-order valence-corrected chi connectivity index (χ1v) is 5.56. The molecule has 0 saturated heterocycles. The van der Waals surface area contributed by atoms with Gasteiger partial charge in [-0.15, -0.1) is 0 Å². The maximum Gasteiger partial charge on any atom is 0.345 e. The van der Waals surface area contributed by atoms with Gasteiger partial charge in [0.2, 0.25) is 0 Å². The summed E-state index contributed by atoms with van der Waals surface area (Å²) in [6.45, 7) is 2.19. The van der Waals surface area contributed by atoms with Crippen LogP contribution in [-0.4, -0.2) is 12.6 Å². The molecule has 0 aliphatic heterocycles. The largest absolute Gasteiger partial charge is 0.462 e. The van der Waals surface area contributed by atoms with Gasteiger partial charge in [0.1, 0.15) is 5.56 Å². The zero-order chi connectivity index (χ0) is 10.8. The molecular formula is C11H12NO2S+. The van der Waals surface area contributed by atoms with Crippen molar-refractivity contribution in [3.63, 3.8) is 0 Å². The van der Waals surface area contributed by atoms with Crippen LogP contribution in [0.15, 0.2) is 24.3 Å². The van der Waals surface area contributed by atoms with E-state index in [1.165, 1.54) is 11.3 Å². The summed E-state index contributed by atoms with van der Waals surface area (Å²) in [7, 11) is 0. The molecular weight excluding hydrogens is 210 g/mol. The lowest BCUT2D eigenvalue weighted by Crippen LogP contribution is -2.40. The van der Waals surface area contributed by atoms with Crippen molar-refractivity contribution in [3.05, 3.63) is 29.8 Å². The fraction of sp³-hybridized carbons (Fsp3) is 0.182. The van der Waals surface area contributed by atoms with Crippen LogP contribution in [0, 0.1) is 0 Å². The summed E-state index contributed by atoms with van der Waals surface area (Å²) >= 11 is 1.52. The van der Waals surface area contributed by atoms with E-state index in [0.717, 1.165) is 15.1 Å². The summed E-state index contributed by atoms with van der Waals surface area (Å²) in [5.74, 6) is -0.278. The quantitative estimate of drug-likeness (QED) is 0.789. The standard InChI is InChI=1S/C11H11NO2S/c1-2-14-11(13)9-7-5-3-4-6-8(7)15-10(9)12/h3-6H,2,12H2,1H3/p+1. The Bertz CT molecular complexity index is 504. The first-order valence-electron chi connectivity index (χ1n) is 4.74. The minimum absolute atomic E-state index is 0.278. The van der Waals surface area contributed by atoms with E-state index < -0.39 is 0 Å². The number of rotatable bonds is 2. The van der Waals surface area contributed by atoms with E-state index in [0.29, 0.717) is 12.2 Å². The second-order valence-corrected chi connectivity index (χ2v) is 4.25. The van der Waals surface area contributed by atoms with E-state index in [2.05, 4.69) is 5.73 Å². The molecule has 1 aromatic carbocycles. The van der Waals surface area contributed by atoms with Crippen molar-refractivity contribution in [1.82, 2.24) is 0 Å². The Labute approximate surface area is 91.5 Å². The van der Waals surface area contributed by atoms with E-state index in [1.807, 2.05) is 24.3 Å². The van der Waals surface area contributed by atoms with Crippen molar-refractivity contribution in [3.8, 4) is 0 Å². The zero-order valence-electron chi connectivity index (χ0n) is 8.45. The highest BCUT2D eigenvalue weighted by molar-refractivity contribution is 7.22. The summed E-state index contributed by atoms with van der Waals surface area (Å²) < 4.78 is 6.08. The summed E-state index contributed by atoms with van der Waals surface area (Å²) in [6.07, 6.45) is 0. The third kappa shape index (κ3) is 1.73. The predicted molar refractivity (Wildman–Crippen MR) is 60.3 cm³/mol. The molecule has 0 unspecified atom stereocenters. The number of carbonyl (C=O) groups is 1. The molecule has 0 atom stereocenters. The highest BCUT2D eigenvalue weighted by Crippen LogP contribution is 2.32. The molecule has 78 valence electrons. The Morgan fingerprint density at radius 3 is 2.93 bits per heavy atom. The molecule has 0 aliphatic rings. The van der Waals surface area contributed by atoms with Crippen molar-refractivity contribution in [1.29, 1.82) is 0 Å². The number of ether oxygens (including phenoxy) is 1. The van der Waals surface area contributed by atoms with Crippen LogP contribution in [-0.2, 0) is 4.74 Å². The highest BCUT2D eigenvalue weighted by atomic mass is 32.1. The molecule has 3 N–H and O–H groups in total. The van der Waals surface area contributed by atoms with Crippen LogP contribution in [0.1, 0.15) is 17.3 Å². The first kappa shape index (κ1) is 10.1. The Morgan fingerprint density at radius 2 is 2.20 bits per heavy atom. The normalized spacial score (nSPS) is 10.5. The van der Waals surface area contributed by atoms with Crippen molar-refractivity contribution in [2.24, 2.45) is 0 Å². The average Bonchev–Trinajstić information content (AvgIpc) is 2.54. The van der Waals surface area contributed by atoms with Crippen LogP contribution >= 0.6 is 11.3 Å². The minimum Gasteiger partial charge on any atom is -0.462 e. The SMILES string of the molecule is CCOC(=O)c1c([NH3+])sc2ccccc12. The van der Waals surface area contributed by atoms with Gasteiger partial charge in [0, 0.05) is 10.1 Å². The maximum atomic E-state index is 11.7. The average molecular weight is 222 g/mol. The van der Waals surface area contributed by atoms with Crippen LogP contribution in [0.2, 0.25) is 0 Å². The molecule has 0 spiro atoms. The Kier molecular flexibility index (Phi) is 2.70. The van der Waals surface area contributed by atoms with Gasteiger partial charge in [-0.3, -0.25) is 0 Å². The first-order chi connectivity index (χ1) is 7.24. The molecule has 0 bridgehead atoms. The number of fused-ring (bicyclic) bond motifs is 1. The third-order valence-electron chi connectivity index (χ3n) is 2.15. The lowest BCUT2D eigenvalue weighted by atomic mass is 10.2. The van der Waals surface area contributed by atoms with Gasteiger partial charge >= 0.3 is 5.97 Å². The van der Waals surface area contributed by atoms with Crippen molar-refractivity contribution < 1.29 is 15.3 Å². The summed E-state index contributed by atoms with van der Waals surface area (Å²) in [5, 5.41) is 1.71. The van der Waals surface area contributed by atoms with Crippen LogP contribution < -0.4 is 5.73 Å². The minimum atomic E-state index is -0.278. The Hall–Kier alpha value is -1.39. The van der Waals surface area contributed by atoms with Gasteiger partial charge in [-0.2, -0.15) is 0 Å². The van der Waals surface area contributed by atoms with E-state index >= 15 is 0 Å². The molecule has 3 nitrogen and oxygen atoms in total. The van der Waals surface area contributed by atoms with E-state index in [4.69, 9.17) is 4.74 Å². The number of carbonyl (C=O) groups excluding carboxylic acids is 1. The van der Waals surface area contributed by atoms with E-state index in [1.54, 1.807) is 6.92 Å². The van der Waals surface area contributed by atoms with Crippen LogP contribution in [0.3, 0.4) is 0 Å². The van der Waals surface area contributed by atoms with Crippen LogP contribution in [0.5, 0.6) is 0 Å². The number of esters is 1. The van der Waals surface area contributed by atoms with E-state index in [9.17, 15) is 4.79 Å². The lowest BCUT2D eigenvalue weighted by molar-refractivity contribution is -0.249. The fourth-order valence-corrected chi connectivity index (χ4v) is 2.51. The molecule has 1 heterocycles. The summed E-state index contributed by atoms with van der Waals surface area (Å²) in [6, 6.07) is 7.77. The molecule has 2 aromatic rings. The monoisotopic (exact) mass is 222 g/mol. The van der Waals surface area contributed by atoms with E-state index in [-0.39, 0.29) is 5.97 Å². The molecule has 4 heteroatoms. The van der Waals surface area contributed by atoms with Gasteiger partial charge in [0.05, 0.1) is 6.61 Å². The lowest BCUT2D eigenvalue weighted by Gasteiger charge is -1.99. The van der Waals surface area contributed by atoms with Gasteiger partial charge in [-0.05, 0) is 13.0 Å². The van der Waals surface area contributed by atoms with Crippen LogP contribution in [0.25, 0.3) is 10.1 Å². The molecule has 0 aliphatic carbocycles. The fourth-order valence-electron chi connectivity index (χ4n) is 1.52. The highest BCUT2D eigenvalue weighted by Gasteiger charge is 2.20. The van der Waals surface area contributed by atoms with Crippen molar-refractivity contribution in [2.75, 3.05) is 6.61 Å². The number of benzene rings is 1. The molecule has 1 aromatic heterocycles. The third-order valence-corrected chi connectivity index (χ3v) is 3.17. The molecule has 0 fully saturated rings. The smallest absolute Gasteiger partial charge is 0.345 e. The number of thiophene rings is 1. The van der Waals surface area contributed by atoms with Gasteiger partial charge in [0.25, 0.3) is 0 Å². The summed E-state index contributed by atoms with van der Waals surface area (Å²) in [4.78, 5) is 11.7. The Balaban J connectivity index is 2.58. The molecule has 2 rings (SSSR count). The number of quaternary nitrogens is 1. The van der Waals surface area contributed by atoms with Gasteiger partial charge in [-0.1, -0.05) is 29.5 Å². The maximum absolute atomic E-state index is 11.7. The van der Waals surface area contributed by atoms with Gasteiger partial charge in [-0.25, -0.2) is 4.79 Å². The number of hydrogen-bond acceptors (Lipinski definition) is 3. The zero-order valence-corrected chi connectivity index (χ0v) is 9.26.